The number of thioether (sulfide) groups is 1. The fourth-order valence-corrected chi connectivity index (χ4v) is 4.91. The SMILES string of the molecule is Cc1ccc(-c2nc(SCc3cccc(Cl)c3)c(C#N)c3c2CCCC3)cc1. The van der Waals surface area contributed by atoms with Crippen molar-refractivity contribution in [1.82, 2.24) is 4.98 Å². The second-order valence-electron chi connectivity index (χ2n) is 7.20. The predicted molar refractivity (Wildman–Crippen MR) is 117 cm³/mol. The molecule has 0 amide bonds. The summed E-state index contributed by atoms with van der Waals surface area (Å²) in [5, 5.41) is 11.5. The highest BCUT2D eigenvalue weighted by Crippen LogP contribution is 2.37. The molecule has 3 aromatic rings. The molecular weight excluding hydrogens is 384 g/mol. The van der Waals surface area contributed by atoms with Gasteiger partial charge in [0.15, 0.2) is 0 Å². The van der Waals surface area contributed by atoms with Crippen molar-refractivity contribution in [2.24, 2.45) is 0 Å². The van der Waals surface area contributed by atoms with Gasteiger partial charge in [-0.2, -0.15) is 5.26 Å². The lowest BCUT2D eigenvalue weighted by Gasteiger charge is -2.22. The van der Waals surface area contributed by atoms with E-state index in [1.165, 1.54) is 16.7 Å². The molecule has 1 aromatic heterocycles. The van der Waals surface area contributed by atoms with Gasteiger partial charge in [0.25, 0.3) is 0 Å². The molecule has 0 spiro atoms. The van der Waals surface area contributed by atoms with Crippen molar-refractivity contribution in [2.75, 3.05) is 0 Å². The first-order valence-corrected chi connectivity index (χ1v) is 10.9. The van der Waals surface area contributed by atoms with E-state index in [1.807, 2.05) is 18.2 Å². The fourth-order valence-electron chi connectivity index (χ4n) is 3.74. The molecule has 4 rings (SSSR count). The Balaban J connectivity index is 1.77. The van der Waals surface area contributed by atoms with E-state index < -0.39 is 0 Å². The molecule has 0 bridgehead atoms. The van der Waals surface area contributed by atoms with Crippen molar-refractivity contribution in [1.29, 1.82) is 5.26 Å². The molecule has 0 atom stereocenters. The van der Waals surface area contributed by atoms with Crippen LogP contribution in [0.3, 0.4) is 0 Å². The number of rotatable bonds is 4. The summed E-state index contributed by atoms with van der Waals surface area (Å²) in [6.45, 7) is 2.09. The van der Waals surface area contributed by atoms with E-state index in [0.717, 1.165) is 63.9 Å². The molecule has 0 N–H and O–H groups in total. The number of pyridine rings is 1. The highest BCUT2D eigenvalue weighted by atomic mass is 35.5. The Hall–Kier alpha value is -2.28. The number of fused-ring (bicyclic) bond motifs is 1. The molecule has 0 aliphatic heterocycles. The summed E-state index contributed by atoms with van der Waals surface area (Å²) >= 11 is 7.75. The van der Waals surface area contributed by atoms with Crippen LogP contribution in [0.25, 0.3) is 11.3 Å². The van der Waals surface area contributed by atoms with Gasteiger partial charge < -0.3 is 0 Å². The molecule has 0 unspecified atom stereocenters. The lowest BCUT2D eigenvalue weighted by atomic mass is 9.86. The Morgan fingerprint density at radius 2 is 1.82 bits per heavy atom. The van der Waals surface area contributed by atoms with E-state index in [0.29, 0.717) is 0 Å². The maximum Gasteiger partial charge on any atom is 0.115 e. The summed E-state index contributed by atoms with van der Waals surface area (Å²) in [7, 11) is 0. The van der Waals surface area contributed by atoms with Gasteiger partial charge in [-0.05, 0) is 61.4 Å². The molecule has 2 aromatic carbocycles. The molecule has 0 saturated heterocycles. The minimum absolute atomic E-state index is 0.734. The molecule has 1 heterocycles. The second-order valence-corrected chi connectivity index (χ2v) is 8.60. The molecule has 0 saturated carbocycles. The average molecular weight is 405 g/mol. The topological polar surface area (TPSA) is 36.7 Å². The molecule has 0 fully saturated rings. The minimum Gasteiger partial charge on any atom is -0.240 e. The van der Waals surface area contributed by atoms with Gasteiger partial charge in [-0.1, -0.05) is 53.6 Å². The van der Waals surface area contributed by atoms with Crippen LogP contribution in [0.15, 0.2) is 53.6 Å². The van der Waals surface area contributed by atoms with E-state index in [9.17, 15) is 5.26 Å². The monoisotopic (exact) mass is 404 g/mol. The van der Waals surface area contributed by atoms with Crippen LogP contribution in [0, 0.1) is 18.3 Å². The number of hydrogen-bond donors (Lipinski definition) is 0. The van der Waals surface area contributed by atoms with Crippen LogP contribution in [-0.2, 0) is 18.6 Å². The number of nitriles is 1. The van der Waals surface area contributed by atoms with Crippen molar-refractivity contribution in [3.05, 3.63) is 81.4 Å². The smallest absolute Gasteiger partial charge is 0.115 e. The van der Waals surface area contributed by atoms with Gasteiger partial charge >= 0.3 is 0 Å². The van der Waals surface area contributed by atoms with Gasteiger partial charge in [0, 0.05) is 16.3 Å². The standard InChI is InChI=1S/C24H21ClN2S/c1-16-9-11-18(12-10-16)23-21-8-3-2-7-20(21)22(14-26)24(27-23)28-15-17-5-4-6-19(25)13-17/h4-6,9-13H,2-3,7-8,15H2,1H3. The van der Waals surface area contributed by atoms with Gasteiger partial charge in [0.1, 0.15) is 11.1 Å². The van der Waals surface area contributed by atoms with Gasteiger partial charge in [0.05, 0.1) is 11.3 Å². The van der Waals surface area contributed by atoms with E-state index in [-0.39, 0.29) is 0 Å². The van der Waals surface area contributed by atoms with E-state index in [4.69, 9.17) is 16.6 Å². The average Bonchev–Trinajstić information content (AvgIpc) is 2.72. The normalized spacial score (nSPS) is 13.0. The predicted octanol–water partition coefficient (Wildman–Crippen LogP) is 6.75. The Labute approximate surface area is 175 Å². The number of aryl methyl sites for hydroxylation is 1. The number of aromatic nitrogens is 1. The highest BCUT2D eigenvalue weighted by Gasteiger charge is 2.23. The zero-order valence-corrected chi connectivity index (χ0v) is 17.4. The summed E-state index contributed by atoms with van der Waals surface area (Å²) in [6.07, 6.45) is 4.26. The molecule has 4 heteroatoms. The van der Waals surface area contributed by atoms with Gasteiger partial charge in [0.2, 0.25) is 0 Å². The Morgan fingerprint density at radius 3 is 2.54 bits per heavy atom. The Bertz CT molecular complexity index is 1050. The molecular formula is C24H21ClN2S. The first-order chi connectivity index (χ1) is 13.7. The van der Waals surface area contributed by atoms with E-state index >= 15 is 0 Å². The maximum atomic E-state index is 9.89. The minimum atomic E-state index is 0.734. The lowest BCUT2D eigenvalue weighted by Crippen LogP contribution is -2.10. The van der Waals surface area contributed by atoms with E-state index in [1.54, 1.807) is 11.8 Å². The maximum absolute atomic E-state index is 9.89. The summed E-state index contributed by atoms with van der Waals surface area (Å²) in [5.74, 6) is 0.744. The third-order valence-corrected chi connectivity index (χ3v) is 6.47. The van der Waals surface area contributed by atoms with Gasteiger partial charge in [-0.15, -0.1) is 11.8 Å². The fraction of sp³-hybridized carbons (Fsp3) is 0.250. The summed E-state index contributed by atoms with van der Waals surface area (Å²) in [4.78, 5) is 5.00. The zero-order chi connectivity index (χ0) is 19.5. The van der Waals surface area contributed by atoms with Crippen LogP contribution in [0.4, 0.5) is 0 Å². The highest BCUT2D eigenvalue weighted by molar-refractivity contribution is 7.98. The number of benzene rings is 2. The third-order valence-electron chi connectivity index (χ3n) is 5.18. The third kappa shape index (κ3) is 3.94. The number of hydrogen-bond acceptors (Lipinski definition) is 3. The van der Waals surface area contributed by atoms with Crippen molar-refractivity contribution in [3.8, 4) is 17.3 Å². The van der Waals surface area contributed by atoms with Gasteiger partial charge in [-0.25, -0.2) is 4.98 Å². The van der Waals surface area contributed by atoms with Crippen LogP contribution < -0.4 is 0 Å². The summed E-state index contributed by atoms with van der Waals surface area (Å²) in [5.41, 5.74) is 7.78. The van der Waals surface area contributed by atoms with Crippen molar-refractivity contribution < 1.29 is 0 Å². The Morgan fingerprint density at radius 1 is 1.07 bits per heavy atom. The van der Waals surface area contributed by atoms with Crippen LogP contribution in [0.2, 0.25) is 5.02 Å². The van der Waals surface area contributed by atoms with Crippen LogP contribution in [0.5, 0.6) is 0 Å². The Kier molecular flexibility index (Phi) is 5.71. The van der Waals surface area contributed by atoms with Crippen LogP contribution >= 0.6 is 23.4 Å². The zero-order valence-electron chi connectivity index (χ0n) is 15.8. The summed E-state index contributed by atoms with van der Waals surface area (Å²) in [6, 6.07) is 18.9. The largest absolute Gasteiger partial charge is 0.240 e. The number of nitrogens with zero attached hydrogens (tertiary/aromatic N) is 2. The number of halogens is 1. The molecule has 1 aliphatic rings. The summed E-state index contributed by atoms with van der Waals surface area (Å²) < 4.78 is 0. The molecule has 1 aliphatic carbocycles. The van der Waals surface area contributed by atoms with Crippen molar-refractivity contribution in [3.63, 3.8) is 0 Å². The molecule has 140 valence electrons. The lowest BCUT2D eigenvalue weighted by molar-refractivity contribution is 0.677. The van der Waals surface area contributed by atoms with Crippen LogP contribution in [0.1, 0.15) is 40.7 Å². The molecule has 0 radical (unpaired) electrons. The molecule has 28 heavy (non-hydrogen) atoms. The quantitative estimate of drug-likeness (QED) is 0.451. The second kappa shape index (κ2) is 8.39. The van der Waals surface area contributed by atoms with E-state index in [2.05, 4.69) is 43.3 Å². The van der Waals surface area contributed by atoms with Crippen molar-refractivity contribution >= 4 is 23.4 Å². The molecule has 2 nitrogen and oxygen atoms in total. The van der Waals surface area contributed by atoms with Crippen molar-refractivity contribution in [2.45, 2.75) is 43.4 Å². The van der Waals surface area contributed by atoms with Gasteiger partial charge in [-0.3, -0.25) is 0 Å². The first kappa shape index (κ1) is 19.1. The van der Waals surface area contributed by atoms with Crippen LogP contribution in [-0.4, -0.2) is 4.98 Å². The first-order valence-electron chi connectivity index (χ1n) is 9.56.